The van der Waals surface area contributed by atoms with Gasteiger partial charge in [-0.15, -0.1) is 0 Å². The quantitative estimate of drug-likeness (QED) is 0.695. The van der Waals surface area contributed by atoms with Crippen LogP contribution in [0.5, 0.6) is 5.75 Å². The summed E-state index contributed by atoms with van der Waals surface area (Å²) in [5.74, 6) is 0.254. The van der Waals surface area contributed by atoms with Gasteiger partial charge in [0, 0.05) is 12.1 Å². The average molecular weight is 402 g/mol. The van der Waals surface area contributed by atoms with E-state index < -0.39 is 17.5 Å². The second-order valence-electron chi connectivity index (χ2n) is 8.14. The lowest BCUT2D eigenvalue weighted by molar-refractivity contribution is 0.0503. The smallest absolute Gasteiger partial charge is 0.407 e. The van der Waals surface area contributed by atoms with Crippen molar-refractivity contribution in [2.75, 3.05) is 6.61 Å². The predicted octanol–water partition coefficient (Wildman–Crippen LogP) is 4.69. The highest BCUT2D eigenvalue weighted by molar-refractivity contribution is 6.30. The minimum Gasteiger partial charge on any atom is -0.491 e. The Morgan fingerprint density at radius 2 is 2.15 bits per heavy atom. The SMILES string of the molecule is CC(C)(C)OC(=O)N[C@H]1CC[C@H](CCC(O)COc2ccc(Cl)c(F)c2)C1. The molecule has 3 atom stereocenters. The van der Waals surface area contributed by atoms with E-state index in [0.29, 0.717) is 18.1 Å². The van der Waals surface area contributed by atoms with Crippen molar-refractivity contribution in [1.82, 2.24) is 5.32 Å². The van der Waals surface area contributed by atoms with Gasteiger partial charge < -0.3 is 19.9 Å². The molecule has 0 radical (unpaired) electrons. The van der Waals surface area contributed by atoms with Crippen LogP contribution in [0, 0.1) is 11.7 Å². The van der Waals surface area contributed by atoms with Crippen LogP contribution < -0.4 is 10.1 Å². The van der Waals surface area contributed by atoms with E-state index >= 15 is 0 Å². The molecule has 0 bridgehead atoms. The van der Waals surface area contributed by atoms with Crippen LogP contribution in [-0.2, 0) is 4.74 Å². The lowest BCUT2D eigenvalue weighted by Gasteiger charge is -2.22. The monoisotopic (exact) mass is 401 g/mol. The van der Waals surface area contributed by atoms with Gasteiger partial charge in [-0.3, -0.25) is 0 Å². The largest absolute Gasteiger partial charge is 0.491 e. The molecular formula is C20H29ClFNO4. The Morgan fingerprint density at radius 3 is 2.81 bits per heavy atom. The number of carbonyl (C=O) groups excluding carboxylic acids is 1. The number of halogens is 2. The molecule has 1 aliphatic carbocycles. The molecule has 0 spiro atoms. The molecular weight excluding hydrogens is 373 g/mol. The molecule has 2 rings (SSSR count). The molecule has 27 heavy (non-hydrogen) atoms. The molecule has 1 aliphatic rings. The summed E-state index contributed by atoms with van der Waals surface area (Å²) < 4.78 is 24.1. The second kappa shape index (κ2) is 9.60. The first kappa shape index (κ1) is 21.8. The maximum atomic E-state index is 13.4. The molecule has 1 saturated carbocycles. The molecule has 5 nitrogen and oxygen atoms in total. The highest BCUT2D eigenvalue weighted by atomic mass is 35.5. The standard InChI is InChI=1S/C20H29ClFNO4/c1-20(2,3)27-19(25)23-14-6-4-13(10-14)5-7-15(24)12-26-16-8-9-17(21)18(22)11-16/h8-9,11,13-15,24H,4-7,10,12H2,1-3H3,(H,23,25)/t13-,14+,15?/m1/s1. The highest BCUT2D eigenvalue weighted by Gasteiger charge is 2.27. The molecule has 1 amide bonds. The van der Waals surface area contributed by atoms with E-state index in [0.717, 1.165) is 25.7 Å². The number of rotatable bonds is 7. The Labute approximate surface area is 165 Å². The van der Waals surface area contributed by atoms with Crippen LogP contribution in [-0.4, -0.2) is 35.6 Å². The Hall–Kier alpha value is -1.53. The minimum absolute atomic E-state index is 0.0404. The van der Waals surface area contributed by atoms with Gasteiger partial charge in [-0.05, 0) is 70.9 Å². The first-order valence-corrected chi connectivity index (χ1v) is 9.75. The third-order valence-corrected chi connectivity index (χ3v) is 4.81. The third-order valence-electron chi connectivity index (χ3n) is 4.50. The number of carbonyl (C=O) groups is 1. The normalized spacial score (nSPS) is 21.0. The van der Waals surface area contributed by atoms with E-state index in [1.54, 1.807) is 6.07 Å². The van der Waals surface area contributed by atoms with Gasteiger partial charge in [-0.1, -0.05) is 11.6 Å². The second-order valence-corrected chi connectivity index (χ2v) is 8.55. The summed E-state index contributed by atoms with van der Waals surface area (Å²) in [5, 5.41) is 13.1. The number of amides is 1. The maximum absolute atomic E-state index is 13.4. The fourth-order valence-corrected chi connectivity index (χ4v) is 3.33. The van der Waals surface area contributed by atoms with Gasteiger partial charge in [0.1, 0.15) is 23.8 Å². The summed E-state index contributed by atoms with van der Waals surface area (Å²) in [6, 6.07) is 4.32. The summed E-state index contributed by atoms with van der Waals surface area (Å²) in [4.78, 5) is 11.8. The predicted molar refractivity (Wildman–Crippen MR) is 103 cm³/mol. The van der Waals surface area contributed by atoms with Crippen molar-refractivity contribution in [3.8, 4) is 5.75 Å². The van der Waals surface area contributed by atoms with Crippen LogP contribution in [0.15, 0.2) is 18.2 Å². The van der Waals surface area contributed by atoms with E-state index in [2.05, 4.69) is 5.32 Å². The van der Waals surface area contributed by atoms with Crippen LogP contribution in [0.4, 0.5) is 9.18 Å². The number of nitrogens with one attached hydrogen (secondary N) is 1. The number of hydrogen-bond acceptors (Lipinski definition) is 4. The zero-order valence-corrected chi connectivity index (χ0v) is 16.9. The van der Waals surface area contributed by atoms with Gasteiger partial charge in [-0.2, -0.15) is 0 Å². The number of alkyl carbamates (subject to hydrolysis) is 1. The van der Waals surface area contributed by atoms with Crippen molar-refractivity contribution >= 4 is 17.7 Å². The molecule has 1 aromatic carbocycles. The number of hydrogen-bond donors (Lipinski definition) is 2. The van der Waals surface area contributed by atoms with E-state index in [1.165, 1.54) is 12.1 Å². The van der Waals surface area contributed by atoms with Crippen LogP contribution in [0.1, 0.15) is 52.9 Å². The summed E-state index contributed by atoms with van der Waals surface area (Å²) >= 11 is 5.63. The molecule has 152 valence electrons. The van der Waals surface area contributed by atoms with Crippen molar-refractivity contribution in [1.29, 1.82) is 0 Å². The topological polar surface area (TPSA) is 67.8 Å². The van der Waals surface area contributed by atoms with E-state index in [1.807, 2.05) is 20.8 Å². The molecule has 0 heterocycles. The number of aliphatic hydroxyl groups excluding tert-OH is 1. The van der Waals surface area contributed by atoms with Gasteiger partial charge in [0.15, 0.2) is 0 Å². The van der Waals surface area contributed by atoms with Gasteiger partial charge in [0.2, 0.25) is 0 Å². The lowest BCUT2D eigenvalue weighted by atomic mass is 9.99. The third kappa shape index (κ3) is 7.93. The molecule has 1 fully saturated rings. The van der Waals surface area contributed by atoms with E-state index in [4.69, 9.17) is 21.1 Å². The van der Waals surface area contributed by atoms with Crippen LogP contribution in [0.25, 0.3) is 0 Å². The summed E-state index contributed by atoms with van der Waals surface area (Å²) in [7, 11) is 0. The van der Waals surface area contributed by atoms with E-state index in [9.17, 15) is 14.3 Å². The summed E-state index contributed by atoms with van der Waals surface area (Å²) in [6.45, 7) is 5.62. The summed E-state index contributed by atoms with van der Waals surface area (Å²) in [6.07, 6.45) is 3.26. The van der Waals surface area contributed by atoms with Gasteiger partial charge >= 0.3 is 6.09 Å². The maximum Gasteiger partial charge on any atom is 0.407 e. The zero-order valence-electron chi connectivity index (χ0n) is 16.1. The van der Waals surface area contributed by atoms with Crippen LogP contribution in [0.2, 0.25) is 5.02 Å². The van der Waals surface area contributed by atoms with Crippen molar-refractivity contribution in [3.05, 3.63) is 29.0 Å². The summed E-state index contributed by atoms with van der Waals surface area (Å²) in [5.41, 5.74) is -0.501. The molecule has 0 aliphatic heterocycles. The van der Waals surface area contributed by atoms with E-state index in [-0.39, 0.29) is 23.8 Å². The van der Waals surface area contributed by atoms with Crippen molar-refractivity contribution in [2.24, 2.45) is 5.92 Å². The van der Waals surface area contributed by atoms with Gasteiger partial charge in [0.05, 0.1) is 11.1 Å². The number of benzene rings is 1. The van der Waals surface area contributed by atoms with Gasteiger partial charge in [0.25, 0.3) is 0 Å². The molecule has 1 unspecified atom stereocenters. The van der Waals surface area contributed by atoms with Gasteiger partial charge in [-0.25, -0.2) is 9.18 Å². The minimum atomic E-state index is -0.624. The lowest BCUT2D eigenvalue weighted by Crippen LogP contribution is -2.37. The van der Waals surface area contributed by atoms with Crippen molar-refractivity contribution in [2.45, 2.75) is 70.6 Å². The number of ether oxygens (including phenoxy) is 2. The Kier molecular flexibility index (Phi) is 7.74. The molecule has 1 aromatic rings. The first-order chi connectivity index (χ1) is 12.6. The fraction of sp³-hybridized carbons (Fsp3) is 0.650. The Bertz CT molecular complexity index is 635. The molecule has 0 aromatic heterocycles. The molecule has 0 saturated heterocycles. The first-order valence-electron chi connectivity index (χ1n) is 9.38. The Balaban J connectivity index is 1.65. The fourth-order valence-electron chi connectivity index (χ4n) is 3.21. The van der Waals surface area contributed by atoms with Crippen molar-refractivity contribution < 1.29 is 23.8 Å². The Morgan fingerprint density at radius 1 is 1.41 bits per heavy atom. The van der Waals surface area contributed by atoms with Crippen molar-refractivity contribution in [3.63, 3.8) is 0 Å². The molecule has 2 N–H and O–H groups in total. The average Bonchev–Trinajstić information content (AvgIpc) is 2.99. The zero-order chi connectivity index (χ0) is 20.0. The van der Waals surface area contributed by atoms with Crippen LogP contribution >= 0.6 is 11.6 Å². The highest BCUT2D eigenvalue weighted by Crippen LogP contribution is 2.30. The van der Waals surface area contributed by atoms with Crippen LogP contribution in [0.3, 0.4) is 0 Å². The molecule has 7 heteroatoms. The number of aliphatic hydroxyl groups is 1.